The fraction of sp³-hybridized carbons (Fsp3) is 0.0769. The van der Waals surface area contributed by atoms with Crippen LogP contribution in [-0.4, -0.2) is 8.42 Å². The summed E-state index contributed by atoms with van der Waals surface area (Å²) in [5, 5.41) is 8.26. The van der Waals surface area contributed by atoms with Crippen molar-refractivity contribution in [3.05, 3.63) is 46.4 Å². The molecule has 0 aromatic heterocycles. The van der Waals surface area contributed by atoms with E-state index in [2.05, 4.69) is 21.2 Å². The van der Waals surface area contributed by atoms with Gasteiger partial charge in [-0.05, 0) is 42.8 Å². The normalized spacial score (nSPS) is 11.3. The summed E-state index contributed by atoms with van der Waals surface area (Å²) in [5.74, 6) is 0. The molecule has 5 N–H and O–H groups in total. The van der Waals surface area contributed by atoms with Gasteiger partial charge >= 0.3 is 0 Å². The average molecular weight is 356 g/mol. The summed E-state index contributed by atoms with van der Waals surface area (Å²) in [5.41, 5.74) is 8.48. The molecule has 20 heavy (non-hydrogen) atoms. The summed E-state index contributed by atoms with van der Waals surface area (Å²) in [7, 11) is -3.80. The Morgan fingerprint density at radius 3 is 2.50 bits per heavy atom. The van der Waals surface area contributed by atoms with Crippen LogP contribution in [0.3, 0.4) is 0 Å². The van der Waals surface area contributed by atoms with Crippen LogP contribution in [0.15, 0.2) is 45.8 Å². The molecule has 2 aromatic rings. The smallest absolute Gasteiger partial charge is 0.240 e. The monoisotopic (exact) mass is 355 g/mol. The fourth-order valence-electron chi connectivity index (χ4n) is 1.78. The minimum absolute atomic E-state index is 0.0750. The number of nitrogen functional groups attached to an aromatic ring is 1. The molecule has 0 unspecified atom stereocenters. The van der Waals surface area contributed by atoms with Crippen LogP contribution in [0.5, 0.6) is 0 Å². The molecular formula is C13H14BrN3O2S. The Labute approximate surface area is 126 Å². The third kappa shape index (κ3) is 3.12. The largest absolute Gasteiger partial charge is 0.398 e. The van der Waals surface area contributed by atoms with Crippen LogP contribution in [0.25, 0.3) is 0 Å². The van der Waals surface area contributed by atoms with Crippen molar-refractivity contribution < 1.29 is 8.42 Å². The van der Waals surface area contributed by atoms with Crippen LogP contribution in [-0.2, 0) is 10.0 Å². The first kappa shape index (κ1) is 14.8. The summed E-state index contributed by atoms with van der Waals surface area (Å²) in [6, 6.07) is 10.3. The lowest BCUT2D eigenvalue weighted by Crippen LogP contribution is -2.14. The van der Waals surface area contributed by atoms with E-state index in [4.69, 9.17) is 10.9 Å². The molecule has 0 aliphatic heterocycles. The summed E-state index contributed by atoms with van der Waals surface area (Å²) in [4.78, 5) is -0.0750. The molecule has 0 heterocycles. The van der Waals surface area contributed by atoms with Crippen LogP contribution in [0, 0.1) is 6.92 Å². The molecule has 0 spiro atoms. The highest BCUT2D eigenvalue weighted by Crippen LogP contribution is 2.28. The van der Waals surface area contributed by atoms with Crippen LogP contribution in [0.2, 0.25) is 0 Å². The molecule has 0 saturated heterocycles. The maximum Gasteiger partial charge on any atom is 0.240 e. The molecule has 0 saturated carbocycles. The van der Waals surface area contributed by atoms with Gasteiger partial charge in [0.1, 0.15) is 4.90 Å². The van der Waals surface area contributed by atoms with E-state index in [-0.39, 0.29) is 10.6 Å². The van der Waals surface area contributed by atoms with Gasteiger partial charge in [-0.1, -0.05) is 22.0 Å². The van der Waals surface area contributed by atoms with Crippen LogP contribution in [0.4, 0.5) is 17.1 Å². The van der Waals surface area contributed by atoms with Crippen molar-refractivity contribution in [1.82, 2.24) is 0 Å². The Balaban J connectivity index is 2.36. The van der Waals surface area contributed by atoms with Crippen molar-refractivity contribution in [3.8, 4) is 0 Å². The average Bonchev–Trinajstić information content (AvgIpc) is 2.33. The number of hydrogen-bond donors (Lipinski definition) is 3. The predicted molar refractivity (Wildman–Crippen MR) is 84.4 cm³/mol. The Hall–Kier alpha value is -1.57. The maximum absolute atomic E-state index is 11.3. The molecule has 0 fully saturated rings. The number of benzene rings is 2. The SMILES string of the molecule is Cc1c(Br)cccc1Nc1ccc(S(N)(=O)=O)c(N)c1. The topological polar surface area (TPSA) is 98.2 Å². The van der Waals surface area contributed by atoms with Crippen molar-refractivity contribution in [2.45, 2.75) is 11.8 Å². The summed E-state index contributed by atoms with van der Waals surface area (Å²) in [6.45, 7) is 1.97. The molecule has 0 atom stereocenters. The molecule has 7 heteroatoms. The van der Waals surface area contributed by atoms with Crippen LogP contribution >= 0.6 is 15.9 Å². The molecule has 5 nitrogen and oxygen atoms in total. The highest BCUT2D eigenvalue weighted by atomic mass is 79.9. The lowest BCUT2D eigenvalue weighted by Gasteiger charge is -2.12. The number of nitrogens with two attached hydrogens (primary N) is 2. The van der Waals surface area contributed by atoms with Crippen molar-refractivity contribution in [3.63, 3.8) is 0 Å². The standard InChI is InChI=1S/C13H14BrN3O2S/c1-8-10(14)3-2-4-12(8)17-9-5-6-13(11(15)7-9)20(16,18)19/h2-7,17H,15H2,1H3,(H2,16,18,19). The summed E-state index contributed by atoms with van der Waals surface area (Å²) in [6.07, 6.45) is 0. The van der Waals surface area contributed by atoms with Gasteiger partial charge in [-0.25, -0.2) is 13.6 Å². The van der Waals surface area contributed by atoms with E-state index < -0.39 is 10.0 Å². The highest BCUT2D eigenvalue weighted by molar-refractivity contribution is 9.10. The van der Waals surface area contributed by atoms with Gasteiger partial charge in [-0.15, -0.1) is 0 Å². The zero-order chi connectivity index (χ0) is 14.9. The quantitative estimate of drug-likeness (QED) is 0.737. The molecule has 0 bridgehead atoms. The first-order chi connectivity index (χ1) is 9.29. The van der Waals surface area contributed by atoms with Crippen LogP contribution < -0.4 is 16.2 Å². The number of anilines is 3. The van der Waals surface area contributed by atoms with Crippen molar-refractivity contribution in [2.75, 3.05) is 11.1 Å². The van der Waals surface area contributed by atoms with Gasteiger partial charge in [0.2, 0.25) is 10.0 Å². The van der Waals surface area contributed by atoms with E-state index >= 15 is 0 Å². The van der Waals surface area contributed by atoms with E-state index in [0.29, 0.717) is 5.69 Å². The van der Waals surface area contributed by atoms with Gasteiger partial charge in [0, 0.05) is 15.8 Å². The third-order valence-corrected chi connectivity index (χ3v) is 4.71. The number of halogens is 1. The molecule has 0 aliphatic carbocycles. The van der Waals surface area contributed by atoms with E-state index in [1.54, 1.807) is 12.1 Å². The van der Waals surface area contributed by atoms with Crippen molar-refractivity contribution in [2.24, 2.45) is 5.14 Å². The Morgan fingerprint density at radius 1 is 1.20 bits per heavy atom. The van der Waals surface area contributed by atoms with Crippen molar-refractivity contribution in [1.29, 1.82) is 0 Å². The molecule has 0 amide bonds. The number of hydrogen-bond acceptors (Lipinski definition) is 4. The van der Waals surface area contributed by atoms with Gasteiger partial charge in [-0.2, -0.15) is 0 Å². The number of sulfonamides is 1. The lowest BCUT2D eigenvalue weighted by molar-refractivity contribution is 0.598. The van der Waals surface area contributed by atoms with E-state index in [1.807, 2.05) is 25.1 Å². The van der Waals surface area contributed by atoms with Gasteiger partial charge < -0.3 is 11.1 Å². The van der Waals surface area contributed by atoms with Crippen LogP contribution in [0.1, 0.15) is 5.56 Å². The molecule has 2 rings (SSSR count). The number of nitrogens with one attached hydrogen (secondary N) is 1. The predicted octanol–water partition coefficient (Wildman–Crippen LogP) is 2.73. The zero-order valence-electron chi connectivity index (χ0n) is 10.7. The van der Waals surface area contributed by atoms with E-state index in [1.165, 1.54) is 6.07 Å². The first-order valence-electron chi connectivity index (χ1n) is 5.73. The second-order valence-electron chi connectivity index (χ2n) is 4.34. The lowest BCUT2D eigenvalue weighted by atomic mass is 10.2. The van der Waals surface area contributed by atoms with E-state index in [0.717, 1.165) is 15.7 Å². The molecule has 0 radical (unpaired) electrons. The minimum atomic E-state index is -3.80. The second kappa shape index (κ2) is 5.43. The van der Waals surface area contributed by atoms with E-state index in [9.17, 15) is 8.42 Å². The highest BCUT2D eigenvalue weighted by Gasteiger charge is 2.12. The fourth-order valence-corrected chi connectivity index (χ4v) is 2.80. The summed E-state index contributed by atoms with van der Waals surface area (Å²) < 4.78 is 23.6. The minimum Gasteiger partial charge on any atom is -0.398 e. The second-order valence-corrected chi connectivity index (χ2v) is 6.72. The van der Waals surface area contributed by atoms with Crippen molar-refractivity contribution >= 4 is 43.0 Å². The van der Waals surface area contributed by atoms with Gasteiger partial charge in [0.05, 0.1) is 5.69 Å². The zero-order valence-corrected chi connectivity index (χ0v) is 13.1. The molecule has 2 aromatic carbocycles. The molecular weight excluding hydrogens is 342 g/mol. The molecule has 0 aliphatic rings. The Kier molecular flexibility index (Phi) is 4.03. The van der Waals surface area contributed by atoms with Gasteiger partial charge in [0.15, 0.2) is 0 Å². The maximum atomic E-state index is 11.3. The first-order valence-corrected chi connectivity index (χ1v) is 8.07. The van der Waals surface area contributed by atoms with Gasteiger partial charge in [-0.3, -0.25) is 0 Å². The Morgan fingerprint density at radius 2 is 1.90 bits per heavy atom. The number of rotatable bonds is 3. The number of primary sulfonamides is 1. The molecule has 106 valence electrons. The third-order valence-electron chi connectivity index (χ3n) is 2.86. The summed E-state index contributed by atoms with van der Waals surface area (Å²) >= 11 is 3.45. The Bertz CT molecular complexity index is 760. The van der Waals surface area contributed by atoms with Gasteiger partial charge in [0.25, 0.3) is 0 Å².